The fourth-order valence-corrected chi connectivity index (χ4v) is 3.02. The van der Waals surface area contributed by atoms with Crippen LogP contribution in [-0.2, 0) is 25.5 Å². The Hall–Kier alpha value is -1.43. The standard InChI is InChI=1S/C16H21NO4/c1-16(2)20-10-12(21-16)13-14(19-3)15(18)17(13)9-11-7-5-4-6-8-11/h4-8,12-14H,9-10H2,1-3H3/t12-,13+,14-/m1/s1. The van der Waals surface area contributed by atoms with Gasteiger partial charge in [-0.15, -0.1) is 0 Å². The van der Waals surface area contributed by atoms with Crippen molar-refractivity contribution < 1.29 is 19.0 Å². The Labute approximate surface area is 124 Å². The first kappa shape index (κ1) is 14.5. The fourth-order valence-electron chi connectivity index (χ4n) is 3.02. The third-order valence-corrected chi connectivity index (χ3v) is 4.06. The zero-order valence-corrected chi connectivity index (χ0v) is 12.6. The second-order valence-electron chi connectivity index (χ2n) is 5.97. The third kappa shape index (κ3) is 2.69. The zero-order chi connectivity index (χ0) is 15.0. The summed E-state index contributed by atoms with van der Waals surface area (Å²) in [5.74, 6) is -0.584. The van der Waals surface area contributed by atoms with Crippen molar-refractivity contribution in [1.29, 1.82) is 0 Å². The van der Waals surface area contributed by atoms with Crippen molar-refractivity contribution in [3.8, 4) is 0 Å². The lowest BCUT2D eigenvalue weighted by molar-refractivity contribution is -0.194. The predicted molar refractivity (Wildman–Crippen MR) is 76.5 cm³/mol. The summed E-state index contributed by atoms with van der Waals surface area (Å²) in [6.45, 7) is 4.83. The van der Waals surface area contributed by atoms with E-state index in [0.29, 0.717) is 13.2 Å². The van der Waals surface area contributed by atoms with Crippen LogP contribution in [0.25, 0.3) is 0 Å². The Morgan fingerprint density at radius 2 is 2.05 bits per heavy atom. The molecule has 21 heavy (non-hydrogen) atoms. The predicted octanol–water partition coefficient (Wildman–Crippen LogP) is 1.56. The van der Waals surface area contributed by atoms with Gasteiger partial charge < -0.3 is 19.1 Å². The minimum Gasteiger partial charge on any atom is -0.369 e. The van der Waals surface area contributed by atoms with Crippen molar-refractivity contribution in [2.75, 3.05) is 13.7 Å². The van der Waals surface area contributed by atoms with Crippen LogP contribution in [-0.4, -0.2) is 48.6 Å². The van der Waals surface area contributed by atoms with Gasteiger partial charge in [0.1, 0.15) is 6.10 Å². The first-order chi connectivity index (χ1) is 10.0. The molecule has 5 nitrogen and oxygen atoms in total. The van der Waals surface area contributed by atoms with Crippen LogP contribution >= 0.6 is 0 Å². The highest BCUT2D eigenvalue weighted by Gasteiger charge is 2.54. The van der Waals surface area contributed by atoms with Crippen LogP contribution in [0.3, 0.4) is 0 Å². The summed E-state index contributed by atoms with van der Waals surface area (Å²) in [5, 5.41) is 0. The lowest BCUT2D eigenvalue weighted by atomic mass is 9.92. The molecule has 2 heterocycles. The average Bonchev–Trinajstić information content (AvgIpc) is 2.82. The molecular weight excluding hydrogens is 270 g/mol. The lowest BCUT2D eigenvalue weighted by Crippen LogP contribution is -2.69. The molecule has 2 aliphatic rings. The first-order valence-electron chi connectivity index (χ1n) is 7.21. The molecule has 114 valence electrons. The van der Waals surface area contributed by atoms with E-state index in [-0.39, 0.29) is 18.1 Å². The molecule has 1 amide bonds. The number of benzene rings is 1. The van der Waals surface area contributed by atoms with Gasteiger partial charge in [-0.05, 0) is 19.4 Å². The number of likely N-dealkylation sites (tertiary alicyclic amines) is 1. The topological polar surface area (TPSA) is 48.0 Å². The second kappa shape index (κ2) is 5.40. The van der Waals surface area contributed by atoms with Crippen molar-refractivity contribution in [1.82, 2.24) is 4.90 Å². The number of methoxy groups -OCH3 is 1. The quantitative estimate of drug-likeness (QED) is 0.790. The van der Waals surface area contributed by atoms with Crippen LogP contribution in [0.2, 0.25) is 0 Å². The van der Waals surface area contributed by atoms with Crippen molar-refractivity contribution in [3.05, 3.63) is 35.9 Å². The molecular formula is C16H21NO4. The van der Waals surface area contributed by atoms with E-state index in [9.17, 15) is 4.79 Å². The Kier molecular flexibility index (Phi) is 3.73. The molecule has 0 aromatic heterocycles. The van der Waals surface area contributed by atoms with E-state index in [4.69, 9.17) is 14.2 Å². The van der Waals surface area contributed by atoms with E-state index in [1.165, 1.54) is 0 Å². The van der Waals surface area contributed by atoms with Gasteiger partial charge in [0.15, 0.2) is 11.9 Å². The van der Waals surface area contributed by atoms with Crippen LogP contribution in [0.15, 0.2) is 30.3 Å². The molecule has 3 rings (SSSR count). The van der Waals surface area contributed by atoms with Crippen LogP contribution < -0.4 is 0 Å². The molecule has 2 aliphatic heterocycles. The average molecular weight is 291 g/mol. The number of amides is 1. The molecule has 5 heteroatoms. The maximum atomic E-state index is 12.2. The number of hydrogen-bond acceptors (Lipinski definition) is 4. The normalized spacial score (nSPS) is 31.3. The van der Waals surface area contributed by atoms with E-state index in [2.05, 4.69) is 0 Å². The SMILES string of the molecule is CO[C@H]1C(=O)N(Cc2ccccc2)[C@H]1[C@H]1COC(C)(C)O1. The number of ether oxygens (including phenoxy) is 3. The van der Waals surface area contributed by atoms with Crippen LogP contribution in [0.4, 0.5) is 0 Å². The molecule has 2 saturated heterocycles. The Bertz CT molecular complexity index is 516. The van der Waals surface area contributed by atoms with Gasteiger partial charge in [-0.1, -0.05) is 30.3 Å². The van der Waals surface area contributed by atoms with Crippen molar-refractivity contribution in [3.63, 3.8) is 0 Å². The largest absolute Gasteiger partial charge is 0.369 e. The van der Waals surface area contributed by atoms with Gasteiger partial charge in [0.05, 0.1) is 12.6 Å². The van der Waals surface area contributed by atoms with Crippen molar-refractivity contribution in [2.24, 2.45) is 0 Å². The number of carbonyl (C=O) groups is 1. The summed E-state index contributed by atoms with van der Waals surface area (Å²) in [6.07, 6.45) is -0.581. The van der Waals surface area contributed by atoms with Crippen LogP contribution in [0, 0.1) is 0 Å². The molecule has 1 aromatic rings. The molecule has 0 N–H and O–H groups in total. The Morgan fingerprint density at radius 3 is 2.62 bits per heavy atom. The minimum absolute atomic E-state index is 0.0136. The van der Waals surface area contributed by atoms with Gasteiger partial charge in [-0.2, -0.15) is 0 Å². The van der Waals surface area contributed by atoms with Gasteiger partial charge in [0.25, 0.3) is 5.91 Å². The third-order valence-electron chi connectivity index (χ3n) is 4.06. The summed E-state index contributed by atoms with van der Waals surface area (Å²) in [5.41, 5.74) is 1.10. The van der Waals surface area contributed by atoms with E-state index in [1.807, 2.05) is 49.1 Å². The summed E-state index contributed by atoms with van der Waals surface area (Å²) in [4.78, 5) is 14.0. The number of hydrogen-bond donors (Lipinski definition) is 0. The molecule has 0 unspecified atom stereocenters. The van der Waals surface area contributed by atoms with Gasteiger partial charge in [0.2, 0.25) is 0 Å². The van der Waals surface area contributed by atoms with Crippen LogP contribution in [0.1, 0.15) is 19.4 Å². The van der Waals surface area contributed by atoms with Crippen LogP contribution in [0.5, 0.6) is 0 Å². The van der Waals surface area contributed by atoms with Gasteiger partial charge in [-0.3, -0.25) is 4.79 Å². The minimum atomic E-state index is -0.597. The molecule has 0 aliphatic carbocycles. The van der Waals surface area contributed by atoms with E-state index >= 15 is 0 Å². The molecule has 1 aromatic carbocycles. The monoisotopic (exact) mass is 291 g/mol. The molecule has 0 saturated carbocycles. The van der Waals surface area contributed by atoms with Gasteiger partial charge in [0, 0.05) is 13.7 Å². The summed E-state index contributed by atoms with van der Waals surface area (Å²) < 4.78 is 16.9. The highest BCUT2D eigenvalue weighted by molar-refractivity contribution is 5.88. The second-order valence-corrected chi connectivity index (χ2v) is 5.97. The van der Waals surface area contributed by atoms with E-state index in [1.54, 1.807) is 7.11 Å². The highest BCUT2D eigenvalue weighted by atomic mass is 16.7. The molecule has 3 atom stereocenters. The maximum absolute atomic E-state index is 12.2. The van der Waals surface area contributed by atoms with Crippen molar-refractivity contribution in [2.45, 2.75) is 44.4 Å². The van der Waals surface area contributed by atoms with E-state index in [0.717, 1.165) is 5.56 Å². The summed E-state index contributed by atoms with van der Waals surface area (Å²) >= 11 is 0. The van der Waals surface area contributed by atoms with Gasteiger partial charge in [-0.25, -0.2) is 0 Å². The first-order valence-corrected chi connectivity index (χ1v) is 7.21. The smallest absolute Gasteiger partial charge is 0.254 e. The fraction of sp³-hybridized carbons (Fsp3) is 0.562. The Morgan fingerprint density at radius 1 is 1.33 bits per heavy atom. The number of nitrogens with zero attached hydrogens (tertiary/aromatic N) is 1. The molecule has 0 radical (unpaired) electrons. The highest BCUT2D eigenvalue weighted by Crippen LogP contribution is 2.34. The number of β-lactam (4-membered cyclic amide) rings is 1. The van der Waals surface area contributed by atoms with Crippen molar-refractivity contribution >= 4 is 5.91 Å². The molecule has 2 fully saturated rings. The molecule has 0 bridgehead atoms. The number of carbonyl (C=O) groups excluding carboxylic acids is 1. The maximum Gasteiger partial charge on any atom is 0.254 e. The summed E-state index contributed by atoms with van der Waals surface area (Å²) in [6, 6.07) is 9.85. The number of rotatable bonds is 4. The summed E-state index contributed by atoms with van der Waals surface area (Å²) in [7, 11) is 1.57. The lowest BCUT2D eigenvalue weighted by Gasteiger charge is -2.48. The van der Waals surface area contributed by atoms with E-state index < -0.39 is 11.9 Å². The molecule has 0 spiro atoms. The van der Waals surface area contributed by atoms with Gasteiger partial charge >= 0.3 is 0 Å². The zero-order valence-electron chi connectivity index (χ0n) is 12.6. The Balaban J connectivity index is 1.74.